The summed E-state index contributed by atoms with van der Waals surface area (Å²) < 4.78 is 0. The SMILES string of the molecule is CN1CCN(CCCN(C(=O)Cc2ccccc2)c2nc(-c3c[nH]c4ncccc34)cs2)CC1. The lowest BCUT2D eigenvalue weighted by Gasteiger charge is -2.32. The standard InChI is InChI=1S/C26H30N6OS/c1-30-13-15-31(16-14-30)11-6-12-32(24(33)17-20-7-3-2-4-8-20)26-29-23(19-34-26)22-18-28-25-21(22)9-5-10-27-25/h2-5,7-10,18-19H,6,11-17H2,1H3,(H,27,28). The van der Waals surface area contributed by atoms with Gasteiger partial charge in [0.25, 0.3) is 0 Å². The van der Waals surface area contributed by atoms with Crippen LogP contribution in [0, 0.1) is 0 Å². The summed E-state index contributed by atoms with van der Waals surface area (Å²) in [6.07, 6.45) is 5.02. The summed E-state index contributed by atoms with van der Waals surface area (Å²) in [7, 11) is 2.17. The van der Waals surface area contributed by atoms with Crippen LogP contribution in [0.25, 0.3) is 22.3 Å². The van der Waals surface area contributed by atoms with Crippen LogP contribution in [-0.2, 0) is 11.2 Å². The zero-order valence-corrected chi connectivity index (χ0v) is 20.3. The molecule has 0 unspecified atom stereocenters. The van der Waals surface area contributed by atoms with E-state index in [-0.39, 0.29) is 5.91 Å². The molecule has 3 aromatic heterocycles. The molecule has 1 aromatic carbocycles. The van der Waals surface area contributed by atoms with E-state index in [0.717, 1.165) is 72.1 Å². The van der Waals surface area contributed by atoms with Crippen LogP contribution in [0.5, 0.6) is 0 Å². The number of aromatic nitrogens is 3. The Morgan fingerprint density at radius 2 is 1.94 bits per heavy atom. The third kappa shape index (κ3) is 5.19. The van der Waals surface area contributed by atoms with Crippen LogP contribution in [0.1, 0.15) is 12.0 Å². The quantitative estimate of drug-likeness (QED) is 0.420. The topological polar surface area (TPSA) is 68.4 Å². The third-order valence-electron chi connectivity index (χ3n) is 6.40. The van der Waals surface area contributed by atoms with Crippen molar-refractivity contribution in [1.29, 1.82) is 0 Å². The van der Waals surface area contributed by atoms with E-state index in [1.165, 1.54) is 11.3 Å². The highest BCUT2D eigenvalue weighted by Crippen LogP contribution is 2.32. The number of nitrogens with zero attached hydrogens (tertiary/aromatic N) is 5. The molecule has 1 N–H and O–H groups in total. The Morgan fingerprint density at radius 3 is 2.76 bits per heavy atom. The number of fused-ring (bicyclic) bond motifs is 1. The van der Waals surface area contributed by atoms with Crippen LogP contribution >= 0.6 is 11.3 Å². The minimum absolute atomic E-state index is 0.0890. The van der Waals surface area contributed by atoms with E-state index in [2.05, 4.69) is 26.8 Å². The molecule has 1 aliphatic heterocycles. The molecule has 4 aromatic rings. The normalized spacial score (nSPS) is 15.1. The average molecular weight is 475 g/mol. The number of carbonyl (C=O) groups excluding carboxylic acids is 1. The van der Waals surface area contributed by atoms with E-state index < -0.39 is 0 Å². The lowest BCUT2D eigenvalue weighted by molar-refractivity contribution is -0.118. The number of H-pyrrole nitrogens is 1. The highest BCUT2D eigenvalue weighted by atomic mass is 32.1. The van der Waals surface area contributed by atoms with Gasteiger partial charge in [0.15, 0.2) is 5.13 Å². The number of hydrogen-bond acceptors (Lipinski definition) is 6. The number of likely N-dealkylation sites (N-methyl/N-ethyl adjacent to an activating group) is 1. The average Bonchev–Trinajstić information content (AvgIpc) is 3.51. The predicted octanol–water partition coefficient (Wildman–Crippen LogP) is 3.90. The number of benzene rings is 1. The Balaban J connectivity index is 1.33. The largest absolute Gasteiger partial charge is 0.345 e. The van der Waals surface area contributed by atoms with Gasteiger partial charge in [-0.25, -0.2) is 9.97 Å². The monoisotopic (exact) mass is 474 g/mol. The first-order valence-corrected chi connectivity index (χ1v) is 12.7. The highest BCUT2D eigenvalue weighted by Gasteiger charge is 2.21. The second-order valence-electron chi connectivity index (χ2n) is 8.82. The molecular formula is C26H30N6OS. The number of carbonyl (C=O) groups is 1. The van der Waals surface area contributed by atoms with E-state index in [0.29, 0.717) is 13.0 Å². The molecule has 8 heteroatoms. The van der Waals surface area contributed by atoms with Gasteiger partial charge in [0.2, 0.25) is 5.91 Å². The van der Waals surface area contributed by atoms with Crippen molar-refractivity contribution in [3.05, 3.63) is 65.8 Å². The number of hydrogen-bond donors (Lipinski definition) is 1. The molecule has 0 radical (unpaired) electrons. The van der Waals surface area contributed by atoms with E-state index in [9.17, 15) is 4.79 Å². The molecule has 1 fully saturated rings. The van der Waals surface area contributed by atoms with Crippen molar-refractivity contribution < 1.29 is 4.79 Å². The number of nitrogens with one attached hydrogen (secondary N) is 1. The smallest absolute Gasteiger partial charge is 0.233 e. The van der Waals surface area contributed by atoms with Gasteiger partial charge in [-0.3, -0.25) is 9.69 Å². The highest BCUT2D eigenvalue weighted by molar-refractivity contribution is 7.14. The maximum atomic E-state index is 13.4. The van der Waals surface area contributed by atoms with Gasteiger partial charge in [-0.15, -0.1) is 11.3 Å². The van der Waals surface area contributed by atoms with Crippen molar-refractivity contribution in [3.8, 4) is 11.3 Å². The first-order valence-electron chi connectivity index (χ1n) is 11.8. The van der Waals surface area contributed by atoms with Gasteiger partial charge in [0.1, 0.15) is 5.65 Å². The van der Waals surface area contributed by atoms with Gasteiger partial charge in [0, 0.05) is 61.4 Å². The van der Waals surface area contributed by atoms with Crippen LogP contribution in [0.2, 0.25) is 0 Å². The number of pyridine rings is 1. The Bertz CT molecular complexity index is 1230. The number of anilines is 1. The molecule has 0 spiro atoms. The number of aromatic amines is 1. The van der Waals surface area contributed by atoms with Crippen molar-refractivity contribution >= 4 is 33.4 Å². The van der Waals surface area contributed by atoms with E-state index in [4.69, 9.17) is 4.98 Å². The lowest BCUT2D eigenvalue weighted by Crippen LogP contribution is -2.45. The lowest BCUT2D eigenvalue weighted by atomic mass is 10.1. The van der Waals surface area contributed by atoms with Crippen LogP contribution in [0.3, 0.4) is 0 Å². The molecule has 4 heterocycles. The molecule has 0 atom stereocenters. The van der Waals surface area contributed by atoms with Crippen LogP contribution in [0.4, 0.5) is 5.13 Å². The third-order valence-corrected chi connectivity index (χ3v) is 7.26. The summed E-state index contributed by atoms with van der Waals surface area (Å²) in [5, 5.41) is 3.83. The molecule has 5 rings (SSSR count). The Kier molecular flexibility index (Phi) is 6.99. The zero-order valence-electron chi connectivity index (χ0n) is 19.5. The molecule has 1 amide bonds. The summed E-state index contributed by atoms with van der Waals surface area (Å²) in [4.78, 5) is 32.6. The van der Waals surface area contributed by atoms with Gasteiger partial charge >= 0.3 is 0 Å². The molecule has 34 heavy (non-hydrogen) atoms. The maximum absolute atomic E-state index is 13.4. The molecule has 0 bridgehead atoms. The molecule has 176 valence electrons. The van der Waals surface area contributed by atoms with Gasteiger partial charge < -0.3 is 14.8 Å². The summed E-state index contributed by atoms with van der Waals surface area (Å²) in [6, 6.07) is 13.9. The van der Waals surface area contributed by atoms with E-state index in [1.807, 2.05) is 58.9 Å². The first-order chi connectivity index (χ1) is 16.7. The number of rotatable bonds is 8. The van der Waals surface area contributed by atoms with Crippen LogP contribution in [0.15, 0.2) is 60.2 Å². The van der Waals surface area contributed by atoms with Gasteiger partial charge in [-0.05, 0) is 37.7 Å². The summed E-state index contributed by atoms with van der Waals surface area (Å²) in [6.45, 7) is 6.04. The van der Waals surface area contributed by atoms with Gasteiger partial charge in [-0.2, -0.15) is 0 Å². The fourth-order valence-electron chi connectivity index (χ4n) is 4.40. The van der Waals surface area contributed by atoms with Crippen molar-refractivity contribution in [2.75, 3.05) is 51.2 Å². The second-order valence-corrected chi connectivity index (χ2v) is 9.66. The fourth-order valence-corrected chi connectivity index (χ4v) is 5.26. The second kappa shape index (κ2) is 10.5. The van der Waals surface area contributed by atoms with E-state index >= 15 is 0 Å². The molecule has 7 nitrogen and oxygen atoms in total. The van der Waals surface area contributed by atoms with Crippen molar-refractivity contribution in [2.24, 2.45) is 0 Å². The summed E-state index contributed by atoms with van der Waals surface area (Å²) in [5.41, 5.74) is 3.75. The molecular weight excluding hydrogens is 444 g/mol. The predicted molar refractivity (Wildman–Crippen MR) is 138 cm³/mol. The molecule has 0 aliphatic carbocycles. The van der Waals surface area contributed by atoms with Crippen molar-refractivity contribution in [2.45, 2.75) is 12.8 Å². The first kappa shape index (κ1) is 22.7. The number of thiazole rings is 1. The van der Waals surface area contributed by atoms with Crippen LogP contribution < -0.4 is 4.90 Å². The fraction of sp³-hybridized carbons (Fsp3) is 0.346. The minimum atomic E-state index is 0.0890. The zero-order chi connectivity index (χ0) is 23.3. The van der Waals surface area contributed by atoms with Crippen LogP contribution in [-0.4, -0.2) is 77.0 Å². The number of piperazine rings is 1. The van der Waals surface area contributed by atoms with Gasteiger partial charge in [0.05, 0.1) is 12.1 Å². The van der Waals surface area contributed by atoms with Gasteiger partial charge in [-0.1, -0.05) is 30.3 Å². The molecule has 0 saturated carbocycles. The Hall–Kier alpha value is -3.07. The summed E-state index contributed by atoms with van der Waals surface area (Å²) >= 11 is 1.53. The number of amides is 1. The molecule has 1 aliphatic rings. The summed E-state index contributed by atoms with van der Waals surface area (Å²) in [5.74, 6) is 0.0890. The molecule has 1 saturated heterocycles. The minimum Gasteiger partial charge on any atom is -0.345 e. The Morgan fingerprint density at radius 1 is 1.12 bits per heavy atom. The maximum Gasteiger partial charge on any atom is 0.233 e. The van der Waals surface area contributed by atoms with E-state index in [1.54, 1.807) is 6.20 Å². The van der Waals surface area contributed by atoms with Crippen molar-refractivity contribution in [3.63, 3.8) is 0 Å². The van der Waals surface area contributed by atoms with Crippen molar-refractivity contribution in [1.82, 2.24) is 24.8 Å². The Labute approximate surface area is 204 Å².